The third kappa shape index (κ3) is 3.90. The maximum absolute atomic E-state index is 12.3. The molecule has 1 amide bonds. The lowest BCUT2D eigenvalue weighted by atomic mass is 10.1. The molecular weight excluding hydrogens is 302 g/mol. The number of rotatable bonds is 4. The van der Waals surface area contributed by atoms with Crippen molar-refractivity contribution in [3.63, 3.8) is 0 Å². The van der Waals surface area contributed by atoms with E-state index in [9.17, 15) is 15.2 Å². The lowest BCUT2D eigenvalue weighted by Gasteiger charge is -2.17. The monoisotopic (exact) mass is 319 g/mol. The van der Waals surface area contributed by atoms with E-state index in [2.05, 4.69) is 5.32 Å². The Balaban J connectivity index is 2.36. The molecule has 0 spiro atoms. The summed E-state index contributed by atoms with van der Waals surface area (Å²) in [5, 5.41) is 40.3. The quantitative estimate of drug-likeness (QED) is 0.521. The van der Waals surface area contributed by atoms with E-state index < -0.39 is 16.4 Å². The Morgan fingerprint density at radius 2 is 1.61 bits per heavy atom. The Morgan fingerprint density at radius 3 is 2.13 bits per heavy atom. The number of hydrogen-bond acceptors (Lipinski definition) is 5. The molecule has 8 heteroatoms. The normalized spacial score (nSPS) is 13.5. The van der Waals surface area contributed by atoms with E-state index in [1.165, 1.54) is 0 Å². The number of carbonyl (C=O) groups is 1. The van der Waals surface area contributed by atoms with Crippen LogP contribution in [0.3, 0.4) is 0 Å². The fourth-order valence-electron chi connectivity index (χ4n) is 2.09. The average molecular weight is 319 g/mol. The number of anilines is 1. The van der Waals surface area contributed by atoms with Gasteiger partial charge >= 0.3 is 0 Å². The highest BCUT2D eigenvalue weighted by Crippen LogP contribution is 2.20. The van der Waals surface area contributed by atoms with Crippen LogP contribution in [0.25, 0.3) is 0 Å². The van der Waals surface area contributed by atoms with Gasteiger partial charge in [0.1, 0.15) is 0 Å². The number of aryl methyl sites for hydroxylation is 1. The first-order valence-electron chi connectivity index (χ1n) is 6.79. The summed E-state index contributed by atoms with van der Waals surface area (Å²) in [6.07, 6.45) is 0. The Bertz CT molecular complexity index is 705. The molecule has 0 aliphatic carbocycles. The van der Waals surface area contributed by atoms with Crippen molar-refractivity contribution in [2.75, 3.05) is 5.32 Å². The van der Waals surface area contributed by atoms with Crippen LogP contribution in [0.1, 0.15) is 21.5 Å². The van der Waals surface area contributed by atoms with Crippen LogP contribution in [0.15, 0.2) is 36.4 Å². The van der Waals surface area contributed by atoms with Crippen molar-refractivity contribution in [3.8, 4) is 0 Å². The summed E-state index contributed by atoms with van der Waals surface area (Å²) < 4.78 is 0. The van der Waals surface area contributed by atoms with Gasteiger partial charge in [-0.05, 0) is 31.0 Å². The first-order valence-corrected chi connectivity index (χ1v) is 6.79. The number of amides is 1. The Kier molecular flexibility index (Phi) is 5.06. The molecule has 0 saturated carbocycles. The standard InChI is InChI=1S/C15H17N3O5/c1-9-4-3-5-14(10(9)2)16-15(19)11-6-12(17(20)21)8-13(7-11)18(22)23/h3-8,17-18,20,22H,1-2H3,(H,16,19). The van der Waals surface area contributed by atoms with Gasteiger partial charge in [-0.15, -0.1) is 0 Å². The van der Waals surface area contributed by atoms with Crippen molar-refractivity contribution in [2.45, 2.75) is 13.8 Å². The van der Waals surface area contributed by atoms with E-state index in [0.717, 1.165) is 29.3 Å². The predicted molar refractivity (Wildman–Crippen MR) is 81.9 cm³/mol. The van der Waals surface area contributed by atoms with E-state index in [1.807, 2.05) is 19.9 Å². The highest BCUT2D eigenvalue weighted by molar-refractivity contribution is 6.05. The summed E-state index contributed by atoms with van der Waals surface area (Å²) in [7, 11) is 0. The zero-order valence-electron chi connectivity index (χ0n) is 12.6. The Morgan fingerprint density at radius 1 is 1.04 bits per heavy atom. The van der Waals surface area contributed by atoms with E-state index >= 15 is 0 Å². The minimum absolute atomic E-state index is 0.0248. The van der Waals surface area contributed by atoms with Gasteiger partial charge in [0, 0.05) is 17.8 Å². The second-order valence-electron chi connectivity index (χ2n) is 5.11. The van der Waals surface area contributed by atoms with Crippen molar-refractivity contribution < 1.29 is 25.7 Å². The Labute approximate surface area is 132 Å². The molecule has 122 valence electrons. The smallest absolute Gasteiger partial charge is 0.256 e. The van der Waals surface area contributed by atoms with Crippen LogP contribution >= 0.6 is 0 Å². The molecule has 5 N–H and O–H groups in total. The molecule has 23 heavy (non-hydrogen) atoms. The number of benzene rings is 2. The zero-order valence-corrected chi connectivity index (χ0v) is 12.6. The molecule has 0 fully saturated rings. The SMILES string of the molecule is Cc1cccc(NC(=O)c2cc([NH+]([O-])O)cc([NH+]([O-])O)c2)c1C. The summed E-state index contributed by atoms with van der Waals surface area (Å²) in [4.78, 5) is 12.3. The number of quaternary nitrogens is 2. The second kappa shape index (κ2) is 6.84. The fourth-order valence-corrected chi connectivity index (χ4v) is 2.09. The van der Waals surface area contributed by atoms with Gasteiger partial charge in [0.05, 0.1) is 11.6 Å². The maximum Gasteiger partial charge on any atom is 0.256 e. The molecule has 0 bridgehead atoms. The van der Waals surface area contributed by atoms with Gasteiger partial charge < -0.3 is 15.7 Å². The van der Waals surface area contributed by atoms with Gasteiger partial charge in [0.15, 0.2) is 11.4 Å². The van der Waals surface area contributed by atoms with Crippen molar-refractivity contribution >= 4 is 23.0 Å². The summed E-state index contributed by atoms with van der Waals surface area (Å²) in [5.41, 5.74) is 1.94. The van der Waals surface area contributed by atoms with E-state index in [1.54, 1.807) is 12.1 Å². The van der Waals surface area contributed by atoms with Gasteiger partial charge in [-0.3, -0.25) is 4.79 Å². The maximum atomic E-state index is 12.3. The molecule has 2 atom stereocenters. The summed E-state index contributed by atoms with van der Waals surface area (Å²) >= 11 is 0. The third-order valence-electron chi connectivity index (χ3n) is 3.54. The third-order valence-corrected chi connectivity index (χ3v) is 3.54. The first kappa shape index (κ1) is 17.0. The lowest BCUT2D eigenvalue weighted by Crippen LogP contribution is -3.00. The van der Waals surface area contributed by atoms with Crippen molar-refractivity contribution in [3.05, 3.63) is 63.5 Å². The van der Waals surface area contributed by atoms with Crippen molar-refractivity contribution in [1.29, 1.82) is 0 Å². The zero-order chi connectivity index (χ0) is 17.1. The molecule has 0 heterocycles. The molecule has 2 aromatic rings. The van der Waals surface area contributed by atoms with Gasteiger partial charge in [0.25, 0.3) is 5.91 Å². The molecule has 2 unspecified atom stereocenters. The minimum atomic E-state index is -1.30. The van der Waals surface area contributed by atoms with Crippen LogP contribution < -0.4 is 15.8 Å². The van der Waals surface area contributed by atoms with Gasteiger partial charge in [-0.1, -0.05) is 12.1 Å². The van der Waals surface area contributed by atoms with Gasteiger partial charge in [-0.2, -0.15) is 10.5 Å². The highest BCUT2D eigenvalue weighted by atomic mass is 16.8. The Hall–Kier alpha value is -2.33. The van der Waals surface area contributed by atoms with E-state index in [-0.39, 0.29) is 16.9 Å². The summed E-state index contributed by atoms with van der Waals surface area (Å²) in [6, 6.07) is 8.72. The lowest BCUT2D eigenvalue weighted by molar-refractivity contribution is -0.996. The van der Waals surface area contributed by atoms with Crippen LogP contribution in [-0.2, 0) is 0 Å². The van der Waals surface area contributed by atoms with Crippen LogP contribution in [0, 0.1) is 24.3 Å². The average Bonchev–Trinajstić information content (AvgIpc) is 2.51. The van der Waals surface area contributed by atoms with Crippen LogP contribution in [0.2, 0.25) is 0 Å². The van der Waals surface area contributed by atoms with Crippen LogP contribution in [0.5, 0.6) is 0 Å². The molecule has 2 aromatic carbocycles. The topological polar surface area (TPSA) is 125 Å². The molecule has 0 aliphatic rings. The summed E-state index contributed by atoms with van der Waals surface area (Å²) in [5.74, 6) is -0.565. The van der Waals surface area contributed by atoms with Crippen molar-refractivity contribution in [1.82, 2.24) is 0 Å². The fraction of sp³-hybridized carbons (Fsp3) is 0.133. The number of hydrogen-bond donors (Lipinski definition) is 5. The molecule has 0 aliphatic heterocycles. The second-order valence-corrected chi connectivity index (χ2v) is 5.11. The van der Waals surface area contributed by atoms with Crippen LogP contribution in [0.4, 0.5) is 17.1 Å². The molecule has 0 aromatic heterocycles. The molecule has 0 saturated heterocycles. The molecular formula is C15H17N3O5. The number of nitrogens with one attached hydrogen (secondary N) is 3. The van der Waals surface area contributed by atoms with Gasteiger partial charge in [0.2, 0.25) is 0 Å². The largest absolute Gasteiger partial charge is 0.595 e. The van der Waals surface area contributed by atoms with Crippen molar-refractivity contribution in [2.24, 2.45) is 0 Å². The van der Waals surface area contributed by atoms with Crippen LogP contribution in [-0.4, -0.2) is 16.3 Å². The summed E-state index contributed by atoms with van der Waals surface area (Å²) in [6.45, 7) is 3.75. The molecule has 8 nitrogen and oxygen atoms in total. The molecule has 2 rings (SSSR count). The molecule has 0 radical (unpaired) electrons. The predicted octanol–water partition coefficient (Wildman–Crippen LogP) is 0.363. The minimum Gasteiger partial charge on any atom is -0.595 e. The first-order chi connectivity index (χ1) is 10.8. The highest BCUT2D eigenvalue weighted by Gasteiger charge is 2.16. The van der Waals surface area contributed by atoms with E-state index in [4.69, 9.17) is 10.4 Å². The van der Waals surface area contributed by atoms with E-state index in [0.29, 0.717) is 5.69 Å². The number of carbonyl (C=O) groups excluding carboxylic acids is 1. The van der Waals surface area contributed by atoms with Gasteiger partial charge in [-0.25, -0.2) is 10.4 Å².